The van der Waals surface area contributed by atoms with Crippen molar-refractivity contribution in [3.05, 3.63) is 62.0 Å². The molecular formula is C22H26ClN5O3. The zero-order valence-electron chi connectivity index (χ0n) is 17.9. The molecule has 1 aromatic carbocycles. The molecule has 0 spiro atoms. The Morgan fingerprint density at radius 2 is 1.87 bits per heavy atom. The molecule has 1 saturated carbocycles. The van der Waals surface area contributed by atoms with Gasteiger partial charge in [-0.1, -0.05) is 23.7 Å². The van der Waals surface area contributed by atoms with Crippen molar-refractivity contribution in [1.82, 2.24) is 23.6 Å². The zero-order valence-corrected chi connectivity index (χ0v) is 18.7. The molecule has 31 heavy (non-hydrogen) atoms. The maximum absolute atomic E-state index is 13.1. The Morgan fingerprint density at radius 1 is 1.19 bits per heavy atom. The van der Waals surface area contributed by atoms with E-state index in [9.17, 15) is 14.4 Å². The third kappa shape index (κ3) is 4.04. The number of amides is 1. The second-order valence-electron chi connectivity index (χ2n) is 8.18. The number of nitrogens with zero attached hydrogens (tertiary/aromatic N) is 5. The van der Waals surface area contributed by atoms with Crippen LogP contribution in [-0.2, 0) is 25.4 Å². The summed E-state index contributed by atoms with van der Waals surface area (Å²) in [5, 5.41) is 0.677. The van der Waals surface area contributed by atoms with Gasteiger partial charge in [-0.25, -0.2) is 9.78 Å². The summed E-state index contributed by atoms with van der Waals surface area (Å²) >= 11 is 6.00. The molecule has 2 aromatic heterocycles. The molecule has 0 N–H and O–H groups in total. The lowest BCUT2D eigenvalue weighted by atomic mass is 10.1. The van der Waals surface area contributed by atoms with Crippen molar-refractivity contribution in [2.45, 2.75) is 51.2 Å². The van der Waals surface area contributed by atoms with Gasteiger partial charge >= 0.3 is 5.69 Å². The molecule has 2 heterocycles. The predicted octanol–water partition coefficient (Wildman–Crippen LogP) is 2.62. The molecule has 1 aliphatic carbocycles. The van der Waals surface area contributed by atoms with E-state index in [1.54, 1.807) is 17.9 Å². The SMILES string of the molecule is CC(c1ccc(Cl)cc1)N(C(=O)CCCn1cnc2c1c(=O)n(C)c(=O)n2C)C1CC1. The minimum atomic E-state index is -0.408. The van der Waals surface area contributed by atoms with Gasteiger partial charge < -0.3 is 9.47 Å². The first kappa shape index (κ1) is 21.4. The molecule has 9 heteroatoms. The Labute approximate surface area is 184 Å². The van der Waals surface area contributed by atoms with E-state index >= 15 is 0 Å². The fourth-order valence-electron chi connectivity index (χ4n) is 4.09. The van der Waals surface area contributed by atoms with Gasteiger partial charge in [-0.3, -0.25) is 18.7 Å². The van der Waals surface area contributed by atoms with Crippen LogP contribution in [0.15, 0.2) is 40.2 Å². The van der Waals surface area contributed by atoms with Gasteiger partial charge in [-0.05, 0) is 43.9 Å². The molecule has 0 radical (unpaired) electrons. The van der Waals surface area contributed by atoms with Gasteiger partial charge in [-0.15, -0.1) is 0 Å². The van der Waals surface area contributed by atoms with Crippen molar-refractivity contribution in [3.8, 4) is 0 Å². The quantitative estimate of drug-likeness (QED) is 0.562. The van der Waals surface area contributed by atoms with Crippen molar-refractivity contribution < 1.29 is 4.79 Å². The van der Waals surface area contributed by atoms with Crippen LogP contribution in [0.25, 0.3) is 11.2 Å². The smallest absolute Gasteiger partial charge is 0.332 e. The van der Waals surface area contributed by atoms with E-state index < -0.39 is 5.69 Å². The van der Waals surface area contributed by atoms with Crippen LogP contribution < -0.4 is 11.2 Å². The molecule has 0 bridgehead atoms. The van der Waals surface area contributed by atoms with Crippen LogP contribution in [0.5, 0.6) is 0 Å². The van der Waals surface area contributed by atoms with Gasteiger partial charge in [0.15, 0.2) is 11.2 Å². The van der Waals surface area contributed by atoms with Crippen LogP contribution in [0.1, 0.15) is 44.2 Å². The van der Waals surface area contributed by atoms with Gasteiger partial charge in [-0.2, -0.15) is 0 Å². The summed E-state index contributed by atoms with van der Waals surface area (Å²) in [6.45, 7) is 2.52. The minimum Gasteiger partial charge on any atom is -0.333 e. The molecular weight excluding hydrogens is 418 g/mol. The monoisotopic (exact) mass is 443 g/mol. The Bertz CT molecular complexity index is 1240. The molecule has 0 saturated heterocycles. The van der Waals surface area contributed by atoms with Gasteiger partial charge in [0.2, 0.25) is 5.91 Å². The first-order valence-corrected chi connectivity index (χ1v) is 10.8. The molecule has 3 aromatic rings. The molecule has 4 rings (SSSR count). The number of hydrogen-bond donors (Lipinski definition) is 0. The maximum atomic E-state index is 13.1. The largest absolute Gasteiger partial charge is 0.333 e. The number of benzene rings is 1. The fourth-order valence-corrected chi connectivity index (χ4v) is 4.21. The van der Waals surface area contributed by atoms with Crippen LogP contribution in [0, 0.1) is 0 Å². The average Bonchev–Trinajstić information content (AvgIpc) is 3.49. The topological polar surface area (TPSA) is 82.1 Å². The summed E-state index contributed by atoms with van der Waals surface area (Å²) in [4.78, 5) is 43.9. The van der Waals surface area contributed by atoms with Crippen LogP contribution in [0.3, 0.4) is 0 Å². The summed E-state index contributed by atoms with van der Waals surface area (Å²) in [5.74, 6) is 0.106. The lowest BCUT2D eigenvalue weighted by Crippen LogP contribution is -2.37. The first-order chi connectivity index (χ1) is 14.8. The molecule has 1 aliphatic rings. The normalized spacial score (nSPS) is 14.7. The highest BCUT2D eigenvalue weighted by Crippen LogP contribution is 2.35. The van der Waals surface area contributed by atoms with Crippen molar-refractivity contribution in [3.63, 3.8) is 0 Å². The highest BCUT2D eigenvalue weighted by molar-refractivity contribution is 6.30. The summed E-state index contributed by atoms with van der Waals surface area (Å²) < 4.78 is 4.17. The number of hydrogen-bond acceptors (Lipinski definition) is 4. The second kappa shape index (κ2) is 8.34. The molecule has 0 aliphatic heterocycles. The van der Waals surface area contributed by atoms with Crippen LogP contribution in [-0.4, -0.2) is 35.5 Å². The summed E-state index contributed by atoms with van der Waals surface area (Å²) in [7, 11) is 3.05. The van der Waals surface area contributed by atoms with E-state index in [1.165, 1.54) is 11.6 Å². The minimum absolute atomic E-state index is 0.0202. The molecule has 1 unspecified atom stereocenters. The number of rotatable bonds is 7. The van der Waals surface area contributed by atoms with Gasteiger partial charge in [0, 0.05) is 38.1 Å². The molecule has 164 valence electrons. The lowest BCUT2D eigenvalue weighted by Gasteiger charge is -2.30. The Hall–Kier alpha value is -2.87. The lowest BCUT2D eigenvalue weighted by molar-refractivity contribution is -0.134. The number of fused-ring (bicyclic) bond motifs is 1. The number of imidazole rings is 1. The Morgan fingerprint density at radius 3 is 2.52 bits per heavy atom. The summed E-state index contributed by atoms with van der Waals surface area (Å²) in [6, 6.07) is 7.89. The van der Waals surface area contributed by atoms with E-state index in [-0.39, 0.29) is 23.6 Å². The third-order valence-electron chi connectivity index (χ3n) is 6.00. The van der Waals surface area contributed by atoms with Crippen LogP contribution in [0.2, 0.25) is 5.02 Å². The van der Waals surface area contributed by atoms with Crippen molar-refractivity contribution >= 4 is 28.7 Å². The Balaban J connectivity index is 1.48. The number of halogens is 1. The van der Waals surface area contributed by atoms with Gasteiger partial charge in [0.25, 0.3) is 5.56 Å². The van der Waals surface area contributed by atoms with Crippen molar-refractivity contribution in [2.24, 2.45) is 14.1 Å². The molecule has 1 atom stereocenters. The predicted molar refractivity (Wildman–Crippen MR) is 119 cm³/mol. The fraction of sp³-hybridized carbons (Fsp3) is 0.455. The van der Waals surface area contributed by atoms with E-state index in [0.717, 1.165) is 23.0 Å². The van der Waals surface area contributed by atoms with E-state index in [2.05, 4.69) is 4.98 Å². The molecule has 1 fully saturated rings. The van der Waals surface area contributed by atoms with E-state index in [4.69, 9.17) is 11.6 Å². The summed E-state index contributed by atoms with van der Waals surface area (Å²) in [6.07, 6.45) is 4.57. The Kier molecular flexibility index (Phi) is 5.75. The summed E-state index contributed by atoms with van der Waals surface area (Å²) in [5.41, 5.74) is 1.02. The number of carbonyl (C=O) groups excluding carboxylic acids is 1. The zero-order chi connectivity index (χ0) is 22.3. The van der Waals surface area contributed by atoms with Crippen molar-refractivity contribution in [2.75, 3.05) is 0 Å². The maximum Gasteiger partial charge on any atom is 0.332 e. The number of aromatic nitrogens is 4. The molecule has 8 nitrogen and oxygen atoms in total. The molecule has 1 amide bonds. The highest BCUT2D eigenvalue weighted by atomic mass is 35.5. The second-order valence-corrected chi connectivity index (χ2v) is 8.62. The average molecular weight is 444 g/mol. The van der Waals surface area contributed by atoms with E-state index in [0.29, 0.717) is 35.6 Å². The standard InChI is InChI=1S/C22H26ClN5O3/c1-14(15-6-8-16(23)9-7-15)28(17-10-11-17)18(29)5-4-12-27-13-24-20-19(27)21(30)26(3)22(31)25(20)2/h6-9,13-14,17H,4-5,10-12H2,1-3H3. The van der Waals surface area contributed by atoms with E-state index in [1.807, 2.05) is 36.1 Å². The number of aryl methyl sites for hydroxylation is 2. The van der Waals surface area contributed by atoms with Gasteiger partial charge in [0.1, 0.15) is 0 Å². The third-order valence-corrected chi connectivity index (χ3v) is 6.26. The first-order valence-electron chi connectivity index (χ1n) is 10.5. The van der Waals surface area contributed by atoms with Crippen LogP contribution >= 0.6 is 11.6 Å². The highest BCUT2D eigenvalue weighted by Gasteiger charge is 2.35. The van der Waals surface area contributed by atoms with Crippen molar-refractivity contribution in [1.29, 1.82) is 0 Å². The van der Waals surface area contributed by atoms with Gasteiger partial charge in [0.05, 0.1) is 12.4 Å². The van der Waals surface area contributed by atoms with Crippen LogP contribution in [0.4, 0.5) is 0 Å². The number of carbonyl (C=O) groups is 1.